The summed E-state index contributed by atoms with van der Waals surface area (Å²) >= 11 is 3.46. The van der Waals surface area contributed by atoms with E-state index in [2.05, 4.69) is 46.1 Å². The van der Waals surface area contributed by atoms with Gasteiger partial charge in [0.05, 0.1) is 6.73 Å². The number of hydrogen-bond donors (Lipinski definition) is 0. The Morgan fingerprint density at radius 1 is 1.43 bits per heavy atom. The van der Waals surface area contributed by atoms with Crippen molar-refractivity contribution in [1.82, 2.24) is 4.90 Å². The maximum absolute atomic E-state index is 5.03. The van der Waals surface area contributed by atoms with Crippen LogP contribution in [0.5, 0.6) is 0 Å². The van der Waals surface area contributed by atoms with Crippen LogP contribution in [0, 0.1) is 0 Å². The Labute approximate surface area is 94.0 Å². The van der Waals surface area contributed by atoms with Gasteiger partial charge in [0.15, 0.2) is 0 Å². The van der Waals surface area contributed by atoms with Crippen LogP contribution < -0.4 is 0 Å². The van der Waals surface area contributed by atoms with E-state index in [9.17, 15) is 0 Å². The lowest BCUT2D eigenvalue weighted by Gasteiger charge is -2.14. The second-order valence-corrected chi connectivity index (χ2v) is 4.29. The molecule has 0 saturated heterocycles. The van der Waals surface area contributed by atoms with Crippen molar-refractivity contribution in [3.05, 3.63) is 34.3 Å². The van der Waals surface area contributed by atoms with Gasteiger partial charge < -0.3 is 4.74 Å². The van der Waals surface area contributed by atoms with Crippen LogP contribution in [0.3, 0.4) is 0 Å². The van der Waals surface area contributed by atoms with Gasteiger partial charge in [-0.3, -0.25) is 4.90 Å². The van der Waals surface area contributed by atoms with E-state index in [-0.39, 0.29) is 0 Å². The van der Waals surface area contributed by atoms with Crippen LogP contribution in [0.15, 0.2) is 28.7 Å². The Bertz CT molecular complexity index is 278. The fourth-order valence-electron chi connectivity index (χ4n) is 1.30. The summed E-state index contributed by atoms with van der Waals surface area (Å²) < 4.78 is 6.18. The molecule has 0 N–H and O–H groups in total. The molecular weight excluding hydrogens is 242 g/mol. The summed E-state index contributed by atoms with van der Waals surface area (Å²) in [5.41, 5.74) is 1.35. The molecule has 0 aliphatic heterocycles. The maximum atomic E-state index is 5.03. The summed E-state index contributed by atoms with van der Waals surface area (Å²) in [6.07, 6.45) is 1.05. The van der Waals surface area contributed by atoms with E-state index < -0.39 is 0 Å². The molecule has 0 saturated carbocycles. The normalized spacial score (nSPS) is 10.9. The van der Waals surface area contributed by atoms with Crippen molar-refractivity contribution in [3.8, 4) is 0 Å². The number of methoxy groups -OCH3 is 1. The quantitative estimate of drug-likeness (QED) is 0.752. The number of rotatable bonds is 5. The highest BCUT2D eigenvalue weighted by Crippen LogP contribution is 2.12. The summed E-state index contributed by atoms with van der Waals surface area (Å²) in [7, 11) is 3.77. The Hall–Kier alpha value is -0.380. The number of nitrogens with zero attached hydrogens (tertiary/aromatic N) is 1. The second kappa shape index (κ2) is 6.17. The molecule has 78 valence electrons. The fourth-order valence-corrected chi connectivity index (χ4v) is 1.74. The van der Waals surface area contributed by atoms with Gasteiger partial charge in [-0.15, -0.1) is 0 Å². The van der Waals surface area contributed by atoms with E-state index in [1.165, 1.54) is 5.56 Å². The molecule has 2 nitrogen and oxygen atoms in total. The third kappa shape index (κ3) is 4.22. The van der Waals surface area contributed by atoms with Crippen LogP contribution in [0.1, 0.15) is 5.56 Å². The first-order valence-electron chi connectivity index (χ1n) is 4.64. The van der Waals surface area contributed by atoms with E-state index in [0.717, 1.165) is 17.4 Å². The molecule has 14 heavy (non-hydrogen) atoms. The van der Waals surface area contributed by atoms with Crippen molar-refractivity contribution < 1.29 is 4.74 Å². The molecule has 0 aromatic heterocycles. The molecule has 1 rings (SSSR count). The zero-order valence-corrected chi connectivity index (χ0v) is 10.3. The van der Waals surface area contributed by atoms with E-state index in [1.807, 2.05) is 6.07 Å². The van der Waals surface area contributed by atoms with Crippen LogP contribution in [0.4, 0.5) is 0 Å². The number of likely N-dealkylation sites (N-methyl/N-ethyl adjacent to an activating group) is 1. The van der Waals surface area contributed by atoms with Crippen molar-refractivity contribution in [2.24, 2.45) is 0 Å². The molecular formula is C11H16BrNO. The van der Waals surface area contributed by atoms with Gasteiger partial charge in [-0.05, 0) is 31.2 Å². The van der Waals surface area contributed by atoms with Gasteiger partial charge in [-0.2, -0.15) is 0 Å². The van der Waals surface area contributed by atoms with Crippen LogP contribution >= 0.6 is 15.9 Å². The number of benzene rings is 1. The van der Waals surface area contributed by atoms with Crippen molar-refractivity contribution in [1.29, 1.82) is 0 Å². The molecule has 0 atom stereocenters. The Morgan fingerprint density at radius 2 is 2.21 bits per heavy atom. The standard InChI is InChI=1S/C11H16BrNO/c1-13(9-14-2)7-6-10-4-3-5-11(12)8-10/h3-5,8H,6-7,9H2,1-2H3. The van der Waals surface area contributed by atoms with Gasteiger partial charge in [0.1, 0.15) is 0 Å². The largest absolute Gasteiger partial charge is 0.369 e. The van der Waals surface area contributed by atoms with Gasteiger partial charge in [0, 0.05) is 18.1 Å². The molecule has 1 aromatic carbocycles. The Balaban J connectivity index is 2.37. The topological polar surface area (TPSA) is 12.5 Å². The third-order valence-corrected chi connectivity index (χ3v) is 2.51. The predicted molar refractivity (Wildman–Crippen MR) is 62.4 cm³/mol. The summed E-state index contributed by atoms with van der Waals surface area (Å²) in [4.78, 5) is 2.15. The second-order valence-electron chi connectivity index (χ2n) is 3.38. The first kappa shape index (κ1) is 11.7. The summed E-state index contributed by atoms with van der Waals surface area (Å²) in [5.74, 6) is 0. The van der Waals surface area contributed by atoms with Crippen LogP contribution in [0.2, 0.25) is 0 Å². The van der Waals surface area contributed by atoms with Crippen LogP contribution in [-0.4, -0.2) is 32.3 Å². The van der Waals surface area contributed by atoms with Gasteiger partial charge >= 0.3 is 0 Å². The average Bonchev–Trinajstić information content (AvgIpc) is 2.15. The number of hydrogen-bond acceptors (Lipinski definition) is 2. The minimum Gasteiger partial charge on any atom is -0.369 e. The first-order valence-corrected chi connectivity index (χ1v) is 5.43. The minimum atomic E-state index is 0.688. The first-order chi connectivity index (χ1) is 6.72. The number of ether oxygens (including phenoxy) is 1. The van der Waals surface area contributed by atoms with E-state index in [0.29, 0.717) is 6.73 Å². The molecule has 0 aliphatic rings. The maximum Gasteiger partial charge on any atom is 0.0984 e. The molecule has 0 radical (unpaired) electrons. The monoisotopic (exact) mass is 257 g/mol. The predicted octanol–water partition coefficient (Wildman–Crippen LogP) is 2.53. The van der Waals surface area contributed by atoms with Crippen LogP contribution in [-0.2, 0) is 11.2 Å². The molecule has 0 spiro atoms. The van der Waals surface area contributed by atoms with Crippen molar-refractivity contribution in [2.75, 3.05) is 27.4 Å². The smallest absolute Gasteiger partial charge is 0.0984 e. The average molecular weight is 258 g/mol. The van der Waals surface area contributed by atoms with Crippen molar-refractivity contribution >= 4 is 15.9 Å². The van der Waals surface area contributed by atoms with E-state index in [4.69, 9.17) is 4.74 Å². The summed E-state index contributed by atoms with van der Waals surface area (Å²) in [6.45, 7) is 1.71. The Morgan fingerprint density at radius 3 is 2.86 bits per heavy atom. The minimum absolute atomic E-state index is 0.688. The highest BCUT2D eigenvalue weighted by atomic mass is 79.9. The highest BCUT2D eigenvalue weighted by molar-refractivity contribution is 9.10. The lowest BCUT2D eigenvalue weighted by molar-refractivity contribution is 0.0827. The van der Waals surface area contributed by atoms with Gasteiger partial charge in [-0.1, -0.05) is 28.1 Å². The van der Waals surface area contributed by atoms with Crippen molar-refractivity contribution in [2.45, 2.75) is 6.42 Å². The highest BCUT2D eigenvalue weighted by Gasteiger charge is 1.98. The molecule has 0 bridgehead atoms. The van der Waals surface area contributed by atoms with Crippen molar-refractivity contribution in [3.63, 3.8) is 0 Å². The molecule has 0 fully saturated rings. The molecule has 0 amide bonds. The zero-order valence-electron chi connectivity index (χ0n) is 8.66. The lowest BCUT2D eigenvalue weighted by Crippen LogP contribution is -2.23. The fraction of sp³-hybridized carbons (Fsp3) is 0.455. The van der Waals surface area contributed by atoms with E-state index in [1.54, 1.807) is 7.11 Å². The molecule has 0 unspecified atom stereocenters. The molecule has 0 heterocycles. The third-order valence-electron chi connectivity index (χ3n) is 2.02. The molecule has 1 aromatic rings. The molecule has 3 heteroatoms. The van der Waals surface area contributed by atoms with E-state index >= 15 is 0 Å². The SMILES string of the molecule is COCN(C)CCc1cccc(Br)c1. The summed E-state index contributed by atoms with van der Waals surface area (Å²) in [6, 6.07) is 8.41. The van der Waals surface area contributed by atoms with Gasteiger partial charge in [0.25, 0.3) is 0 Å². The molecule has 0 aliphatic carbocycles. The Kier molecular flexibility index (Phi) is 5.15. The zero-order chi connectivity index (χ0) is 10.4. The number of halogens is 1. The van der Waals surface area contributed by atoms with Crippen LogP contribution in [0.25, 0.3) is 0 Å². The van der Waals surface area contributed by atoms with Gasteiger partial charge in [-0.25, -0.2) is 0 Å². The summed E-state index contributed by atoms with van der Waals surface area (Å²) in [5, 5.41) is 0. The van der Waals surface area contributed by atoms with Gasteiger partial charge in [0.2, 0.25) is 0 Å². The lowest BCUT2D eigenvalue weighted by atomic mass is 10.1.